The van der Waals surface area contributed by atoms with E-state index in [4.69, 9.17) is 10.5 Å². The summed E-state index contributed by atoms with van der Waals surface area (Å²) in [7, 11) is 0. The van der Waals surface area contributed by atoms with Crippen molar-refractivity contribution in [2.24, 2.45) is 5.73 Å². The highest BCUT2D eigenvalue weighted by atomic mass is 16.5. The summed E-state index contributed by atoms with van der Waals surface area (Å²) in [5, 5.41) is 0. The van der Waals surface area contributed by atoms with Gasteiger partial charge in [-0.1, -0.05) is 24.6 Å². The van der Waals surface area contributed by atoms with Crippen molar-refractivity contribution in [3.63, 3.8) is 0 Å². The van der Waals surface area contributed by atoms with Gasteiger partial charge in [-0.15, -0.1) is 0 Å². The predicted molar refractivity (Wildman–Crippen MR) is 82.0 cm³/mol. The first-order chi connectivity index (χ1) is 9.62. The molecule has 1 atom stereocenters. The molecule has 3 nitrogen and oxygen atoms in total. The maximum Gasteiger partial charge on any atom is 0.124 e. The Labute approximate surface area is 122 Å². The number of nitrogens with zero attached hydrogens (tertiary/aromatic N) is 1. The predicted octanol–water partition coefficient (Wildman–Crippen LogP) is 3.02. The number of ether oxygens (including phenoxy) is 1. The Kier molecular flexibility index (Phi) is 3.74. The summed E-state index contributed by atoms with van der Waals surface area (Å²) in [5.74, 6) is 1.01. The molecule has 0 saturated carbocycles. The molecule has 110 valence electrons. The molecule has 0 aliphatic carbocycles. The third kappa shape index (κ3) is 2.57. The van der Waals surface area contributed by atoms with Crippen LogP contribution in [0.5, 0.6) is 5.75 Å². The van der Waals surface area contributed by atoms with Crippen molar-refractivity contribution in [2.45, 2.75) is 51.2 Å². The zero-order chi connectivity index (χ0) is 14.2. The monoisotopic (exact) mass is 274 g/mol. The first-order valence-electron chi connectivity index (χ1n) is 7.89. The summed E-state index contributed by atoms with van der Waals surface area (Å²) in [6.07, 6.45) is 4.40. The quantitative estimate of drug-likeness (QED) is 0.901. The van der Waals surface area contributed by atoms with Gasteiger partial charge in [0.25, 0.3) is 0 Å². The van der Waals surface area contributed by atoms with E-state index in [9.17, 15) is 0 Å². The lowest BCUT2D eigenvalue weighted by molar-refractivity contribution is -0.0216. The molecule has 2 aliphatic heterocycles. The molecule has 1 spiro atoms. The van der Waals surface area contributed by atoms with Crippen LogP contribution in [-0.4, -0.2) is 30.1 Å². The zero-order valence-corrected chi connectivity index (χ0v) is 12.7. The van der Waals surface area contributed by atoms with Gasteiger partial charge in [0.15, 0.2) is 0 Å². The van der Waals surface area contributed by atoms with Gasteiger partial charge in [-0.3, -0.25) is 0 Å². The SMILES string of the molecule is CCCN1CCC2(CC1)C[C@H](N)c1cc(C)ccc1O2. The van der Waals surface area contributed by atoms with Gasteiger partial charge in [0.05, 0.1) is 0 Å². The van der Waals surface area contributed by atoms with E-state index >= 15 is 0 Å². The molecule has 3 heteroatoms. The summed E-state index contributed by atoms with van der Waals surface area (Å²) in [4.78, 5) is 2.55. The Morgan fingerprint density at radius 3 is 2.80 bits per heavy atom. The van der Waals surface area contributed by atoms with Gasteiger partial charge in [-0.2, -0.15) is 0 Å². The fraction of sp³-hybridized carbons (Fsp3) is 0.647. The van der Waals surface area contributed by atoms with Crippen LogP contribution in [0.25, 0.3) is 0 Å². The van der Waals surface area contributed by atoms with Crippen molar-refractivity contribution >= 4 is 0 Å². The van der Waals surface area contributed by atoms with Crippen LogP contribution in [0, 0.1) is 6.92 Å². The maximum atomic E-state index is 6.42. The van der Waals surface area contributed by atoms with Gasteiger partial charge < -0.3 is 15.4 Å². The van der Waals surface area contributed by atoms with Gasteiger partial charge in [-0.05, 0) is 38.8 Å². The molecule has 1 aromatic carbocycles. The van der Waals surface area contributed by atoms with Crippen LogP contribution < -0.4 is 10.5 Å². The number of rotatable bonds is 2. The number of hydrogen-bond acceptors (Lipinski definition) is 3. The number of aryl methyl sites for hydroxylation is 1. The molecule has 2 aliphatic rings. The Bertz CT molecular complexity index is 478. The van der Waals surface area contributed by atoms with Crippen molar-refractivity contribution < 1.29 is 4.74 Å². The highest BCUT2D eigenvalue weighted by Gasteiger charge is 2.42. The standard InChI is InChI=1S/C17H26N2O/c1-3-8-19-9-6-17(7-10-19)12-15(18)14-11-13(2)4-5-16(14)20-17/h4-5,11,15H,3,6-10,12,18H2,1-2H3/t15-/m0/s1. The number of benzene rings is 1. The lowest BCUT2D eigenvalue weighted by Crippen LogP contribution is -2.51. The van der Waals surface area contributed by atoms with Crippen LogP contribution >= 0.6 is 0 Å². The molecule has 0 unspecified atom stereocenters. The van der Waals surface area contributed by atoms with Crippen LogP contribution in [0.2, 0.25) is 0 Å². The van der Waals surface area contributed by atoms with Gasteiger partial charge in [0, 0.05) is 31.1 Å². The molecule has 20 heavy (non-hydrogen) atoms. The minimum atomic E-state index is -0.0219. The maximum absolute atomic E-state index is 6.42. The van der Waals surface area contributed by atoms with E-state index < -0.39 is 0 Å². The average Bonchev–Trinajstić information content (AvgIpc) is 2.43. The van der Waals surface area contributed by atoms with Crippen molar-refractivity contribution in [1.29, 1.82) is 0 Å². The van der Waals surface area contributed by atoms with Gasteiger partial charge in [0.1, 0.15) is 11.4 Å². The lowest BCUT2D eigenvalue weighted by atomic mass is 9.80. The molecule has 2 heterocycles. The average molecular weight is 274 g/mol. The summed E-state index contributed by atoms with van der Waals surface area (Å²) in [6, 6.07) is 6.52. The van der Waals surface area contributed by atoms with Crippen LogP contribution in [0.4, 0.5) is 0 Å². The van der Waals surface area contributed by atoms with E-state index in [0.717, 1.165) is 38.1 Å². The molecule has 0 aromatic heterocycles. The van der Waals surface area contributed by atoms with E-state index in [1.54, 1.807) is 0 Å². The van der Waals surface area contributed by atoms with Gasteiger partial charge in [-0.25, -0.2) is 0 Å². The first kappa shape index (κ1) is 13.9. The lowest BCUT2D eigenvalue weighted by Gasteiger charge is -2.46. The largest absolute Gasteiger partial charge is 0.487 e. The molecule has 0 amide bonds. The second-order valence-electron chi connectivity index (χ2n) is 6.48. The van der Waals surface area contributed by atoms with Crippen molar-refractivity contribution in [2.75, 3.05) is 19.6 Å². The normalized spacial score (nSPS) is 25.2. The summed E-state index contributed by atoms with van der Waals surface area (Å²) in [5.41, 5.74) is 8.85. The number of nitrogens with two attached hydrogens (primary N) is 1. The van der Waals surface area contributed by atoms with E-state index in [0.29, 0.717) is 0 Å². The summed E-state index contributed by atoms with van der Waals surface area (Å²) < 4.78 is 6.41. The Hall–Kier alpha value is -1.06. The van der Waals surface area contributed by atoms with E-state index in [1.807, 2.05) is 0 Å². The number of hydrogen-bond donors (Lipinski definition) is 1. The van der Waals surface area contributed by atoms with Crippen molar-refractivity contribution in [3.05, 3.63) is 29.3 Å². The smallest absolute Gasteiger partial charge is 0.124 e. The third-order valence-electron chi connectivity index (χ3n) is 4.79. The van der Waals surface area contributed by atoms with Gasteiger partial charge in [0.2, 0.25) is 0 Å². The fourth-order valence-electron chi connectivity index (χ4n) is 3.64. The molecule has 0 radical (unpaired) electrons. The highest BCUT2D eigenvalue weighted by molar-refractivity contribution is 5.41. The molecular formula is C17H26N2O. The molecule has 2 N–H and O–H groups in total. The van der Waals surface area contributed by atoms with Crippen LogP contribution in [0.1, 0.15) is 49.8 Å². The van der Waals surface area contributed by atoms with Crippen LogP contribution in [0.3, 0.4) is 0 Å². The minimum absolute atomic E-state index is 0.0219. The first-order valence-corrected chi connectivity index (χ1v) is 7.89. The minimum Gasteiger partial charge on any atom is -0.487 e. The van der Waals surface area contributed by atoms with E-state index in [-0.39, 0.29) is 11.6 Å². The van der Waals surface area contributed by atoms with E-state index in [1.165, 1.54) is 24.1 Å². The van der Waals surface area contributed by atoms with Crippen molar-refractivity contribution in [3.8, 4) is 5.75 Å². The van der Waals surface area contributed by atoms with Crippen LogP contribution in [-0.2, 0) is 0 Å². The summed E-state index contributed by atoms with van der Waals surface area (Å²) >= 11 is 0. The third-order valence-corrected chi connectivity index (χ3v) is 4.79. The summed E-state index contributed by atoms with van der Waals surface area (Å²) in [6.45, 7) is 7.85. The van der Waals surface area contributed by atoms with Crippen molar-refractivity contribution in [1.82, 2.24) is 4.90 Å². The number of fused-ring (bicyclic) bond motifs is 1. The molecule has 3 rings (SSSR count). The second kappa shape index (κ2) is 5.38. The zero-order valence-electron chi connectivity index (χ0n) is 12.7. The molecule has 1 fully saturated rings. The van der Waals surface area contributed by atoms with E-state index in [2.05, 4.69) is 36.9 Å². The number of likely N-dealkylation sites (tertiary alicyclic amines) is 1. The topological polar surface area (TPSA) is 38.5 Å². The van der Waals surface area contributed by atoms with Gasteiger partial charge >= 0.3 is 0 Å². The Morgan fingerprint density at radius 2 is 2.10 bits per heavy atom. The Balaban J connectivity index is 1.76. The molecular weight excluding hydrogens is 248 g/mol. The Morgan fingerprint density at radius 1 is 1.35 bits per heavy atom. The fourth-order valence-corrected chi connectivity index (χ4v) is 3.64. The molecule has 0 bridgehead atoms. The highest BCUT2D eigenvalue weighted by Crippen LogP contribution is 2.43. The molecule has 1 saturated heterocycles. The second-order valence-corrected chi connectivity index (χ2v) is 6.48. The van der Waals surface area contributed by atoms with Crippen LogP contribution in [0.15, 0.2) is 18.2 Å². The number of piperidine rings is 1. The molecule has 1 aromatic rings.